The van der Waals surface area contributed by atoms with Crippen LogP contribution in [0.5, 0.6) is 0 Å². The Morgan fingerprint density at radius 2 is 1.63 bits per heavy atom. The smallest absolute Gasteiger partial charge is 0.434 e. The number of nitrogens with zero attached hydrogens (tertiary/aromatic N) is 3. The molecule has 0 spiro atoms. The predicted molar refractivity (Wildman–Crippen MR) is 117 cm³/mol. The highest BCUT2D eigenvalue weighted by atomic mass is 16.7. The molecule has 1 rings (SSSR count). The standard InChI is InChI=1S/C21H35N5O4/c1-20(2,3)25(7)18(27)29-13-9-10-16(22)15-11-12-23-14-17(15)24-30-19(28)26(8)21(4,5)6/h11-12,14,22,24H,9-10,13H2,1-8H3. The number of hydrogen-bond acceptors (Lipinski definition) is 7. The third-order valence-corrected chi connectivity index (χ3v) is 4.75. The van der Waals surface area contributed by atoms with E-state index in [0.29, 0.717) is 29.8 Å². The number of pyridine rings is 1. The van der Waals surface area contributed by atoms with Gasteiger partial charge in [0.1, 0.15) is 0 Å². The Hall–Kier alpha value is -2.84. The second-order valence-corrected chi connectivity index (χ2v) is 9.05. The summed E-state index contributed by atoms with van der Waals surface area (Å²) in [6.45, 7) is 11.7. The number of rotatable bonds is 7. The molecule has 0 atom stereocenters. The van der Waals surface area contributed by atoms with Gasteiger partial charge in [-0.2, -0.15) is 0 Å². The Morgan fingerprint density at radius 3 is 2.20 bits per heavy atom. The molecule has 0 aliphatic carbocycles. The van der Waals surface area contributed by atoms with E-state index in [1.807, 2.05) is 41.5 Å². The first kappa shape index (κ1) is 25.2. The van der Waals surface area contributed by atoms with Gasteiger partial charge in [-0.25, -0.2) is 15.1 Å². The lowest BCUT2D eigenvalue weighted by molar-refractivity contribution is 0.0808. The summed E-state index contributed by atoms with van der Waals surface area (Å²) >= 11 is 0. The summed E-state index contributed by atoms with van der Waals surface area (Å²) in [5.74, 6) is 0. The number of carbonyl (C=O) groups excluding carboxylic acids is 2. The van der Waals surface area contributed by atoms with Crippen molar-refractivity contribution in [2.45, 2.75) is 65.5 Å². The fourth-order valence-electron chi connectivity index (χ4n) is 2.09. The summed E-state index contributed by atoms with van der Waals surface area (Å²) in [5.41, 5.74) is 3.20. The van der Waals surface area contributed by atoms with Crippen LogP contribution in [-0.2, 0) is 9.57 Å². The molecule has 0 aliphatic rings. The average Bonchev–Trinajstić information content (AvgIpc) is 2.66. The van der Waals surface area contributed by atoms with Crippen LogP contribution in [0.2, 0.25) is 0 Å². The van der Waals surface area contributed by atoms with E-state index in [2.05, 4.69) is 10.5 Å². The van der Waals surface area contributed by atoms with Gasteiger partial charge < -0.3 is 24.8 Å². The number of aromatic nitrogens is 1. The van der Waals surface area contributed by atoms with Gasteiger partial charge in [0.15, 0.2) is 0 Å². The zero-order valence-electron chi connectivity index (χ0n) is 19.3. The monoisotopic (exact) mass is 421 g/mol. The van der Waals surface area contributed by atoms with Crippen LogP contribution < -0.4 is 5.48 Å². The minimum Gasteiger partial charge on any atom is -0.449 e. The fraction of sp³-hybridized carbons (Fsp3) is 0.619. The molecule has 1 heterocycles. The third kappa shape index (κ3) is 7.53. The molecule has 0 bridgehead atoms. The molecule has 2 amide bonds. The molecule has 2 N–H and O–H groups in total. The van der Waals surface area contributed by atoms with E-state index >= 15 is 0 Å². The Bertz CT molecular complexity index is 752. The van der Waals surface area contributed by atoms with Crippen LogP contribution in [0.15, 0.2) is 18.5 Å². The van der Waals surface area contributed by atoms with E-state index in [1.165, 1.54) is 16.0 Å². The van der Waals surface area contributed by atoms with Crippen LogP contribution in [-0.4, -0.2) is 64.5 Å². The Labute approximate surface area is 179 Å². The molecule has 0 saturated carbocycles. The summed E-state index contributed by atoms with van der Waals surface area (Å²) in [6, 6.07) is 1.67. The molecular formula is C21H35N5O4. The number of nitrogens with one attached hydrogen (secondary N) is 2. The van der Waals surface area contributed by atoms with Crippen LogP contribution in [0.1, 0.15) is 59.9 Å². The van der Waals surface area contributed by atoms with Crippen LogP contribution >= 0.6 is 0 Å². The van der Waals surface area contributed by atoms with Crippen molar-refractivity contribution in [2.75, 3.05) is 26.2 Å². The highest BCUT2D eigenvalue weighted by molar-refractivity contribution is 6.02. The van der Waals surface area contributed by atoms with Crippen molar-refractivity contribution in [3.63, 3.8) is 0 Å². The SMILES string of the molecule is CN(C(=O)OCCCC(=N)c1ccncc1NOC(=O)N(C)C(C)(C)C)C(C)(C)C. The van der Waals surface area contributed by atoms with E-state index < -0.39 is 12.2 Å². The maximum atomic E-state index is 12.2. The van der Waals surface area contributed by atoms with Gasteiger partial charge in [0.05, 0.1) is 18.5 Å². The Balaban J connectivity index is 2.60. The highest BCUT2D eigenvalue weighted by Gasteiger charge is 2.25. The molecule has 1 aromatic rings. The summed E-state index contributed by atoms with van der Waals surface area (Å²) in [5, 5.41) is 8.34. The average molecular weight is 422 g/mol. The zero-order valence-corrected chi connectivity index (χ0v) is 19.3. The quantitative estimate of drug-likeness (QED) is 0.386. The first-order valence-corrected chi connectivity index (χ1v) is 9.88. The molecule has 0 saturated heterocycles. The summed E-state index contributed by atoms with van der Waals surface area (Å²) in [7, 11) is 3.34. The number of carbonyl (C=O) groups is 2. The molecule has 30 heavy (non-hydrogen) atoms. The van der Waals surface area contributed by atoms with E-state index in [4.69, 9.17) is 15.0 Å². The van der Waals surface area contributed by atoms with Gasteiger partial charge in [-0.3, -0.25) is 4.98 Å². The Kier molecular flexibility index (Phi) is 8.62. The van der Waals surface area contributed by atoms with Gasteiger partial charge >= 0.3 is 12.2 Å². The van der Waals surface area contributed by atoms with E-state index in [-0.39, 0.29) is 17.7 Å². The lowest BCUT2D eigenvalue weighted by Crippen LogP contribution is -2.43. The molecule has 168 valence electrons. The molecule has 1 aromatic heterocycles. The minimum absolute atomic E-state index is 0.209. The normalized spacial score (nSPS) is 11.5. The van der Waals surface area contributed by atoms with Crippen molar-refractivity contribution < 1.29 is 19.2 Å². The van der Waals surface area contributed by atoms with Crippen molar-refractivity contribution in [3.8, 4) is 0 Å². The topological polar surface area (TPSA) is 108 Å². The molecule has 0 radical (unpaired) electrons. The first-order valence-electron chi connectivity index (χ1n) is 9.88. The van der Waals surface area contributed by atoms with E-state index in [9.17, 15) is 9.59 Å². The van der Waals surface area contributed by atoms with Gasteiger partial charge in [-0.1, -0.05) is 0 Å². The van der Waals surface area contributed by atoms with Crippen LogP contribution in [0.25, 0.3) is 0 Å². The molecule has 0 unspecified atom stereocenters. The number of anilines is 1. The fourth-order valence-corrected chi connectivity index (χ4v) is 2.09. The van der Waals surface area contributed by atoms with Crippen LogP contribution in [0.3, 0.4) is 0 Å². The highest BCUT2D eigenvalue weighted by Crippen LogP contribution is 2.18. The summed E-state index contributed by atoms with van der Waals surface area (Å²) < 4.78 is 5.27. The van der Waals surface area contributed by atoms with Crippen LogP contribution in [0, 0.1) is 5.41 Å². The Morgan fingerprint density at radius 1 is 1.07 bits per heavy atom. The first-order chi connectivity index (χ1) is 13.7. The summed E-state index contributed by atoms with van der Waals surface area (Å²) in [4.78, 5) is 36.3. The van der Waals surface area contributed by atoms with Crippen molar-refractivity contribution in [2.24, 2.45) is 0 Å². The molecule has 9 nitrogen and oxygen atoms in total. The molecule has 9 heteroatoms. The van der Waals surface area contributed by atoms with E-state index in [0.717, 1.165) is 0 Å². The largest absolute Gasteiger partial charge is 0.449 e. The van der Waals surface area contributed by atoms with Crippen LogP contribution in [0.4, 0.5) is 15.3 Å². The van der Waals surface area contributed by atoms with Gasteiger partial charge in [0, 0.05) is 42.6 Å². The number of amides is 2. The van der Waals surface area contributed by atoms with Gasteiger partial charge in [-0.05, 0) is 60.5 Å². The van der Waals surface area contributed by atoms with Gasteiger partial charge in [0.2, 0.25) is 0 Å². The third-order valence-electron chi connectivity index (χ3n) is 4.75. The van der Waals surface area contributed by atoms with Crippen molar-refractivity contribution in [1.82, 2.24) is 14.8 Å². The predicted octanol–water partition coefficient (Wildman–Crippen LogP) is 4.29. The van der Waals surface area contributed by atoms with Gasteiger partial charge in [-0.15, -0.1) is 0 Å². The van der Waals surface area contributed by atoms with Crippen molar-refractivity contribution in [3.05, 3.63) is 24.0 Å². The number of ether oxygens (including phenoxy) is 1. The second-order valence-electron chi connectivity index (χ2n) is 9.05. The molecule has 0 aromatic carbocycles. The molecular weight excluding hydrogens is 386 g/mol. The maximum Gasteiger partial charge on any atom is 0.434 e. The lowest BCUT2D eigenvalue weighted by atomic mass is 10.1. The zero-order chi connectivity index (χ0) is 23.1. The molecule has 0 aliphatic heterocycles. The maximum absolute atomic E-state index is 12.2. The van der Waals surface area contributed by atoms with Crippen molar-refractivity contribution in [1.29, 1.82) is 5.41 Å². The van der Waals surface area contributed by atoms with Gasteiger partial charge in [0.25, 0.3) is 0 Å². The van der Waals surface area contributed by atoms with E-state index in [1.54, 1.807) is 26.4 Å². The second kappa shape index (κ2) is 10.3. The van der Waals surface area contributed by atoms with Crippen molar-refractivity contribution >= 4 is 23.6 Å². The molecule has 0 fully saturated rings. The minimum atomic E-state index is -0.543. The summed E-state index contributed by atoms with van der Waals surface area (Å²) in [6.07, 6.45) is 3.01. The lowest BCUT2D eigenvalue weighted by Gasteiger charge is -2.30. The number of hydrogen-bond donors (Lipinski definition) is 2.